The fraction of sp³-hybridized carbons (Fsp3) is 0. The fourth-order valence-corrected chi connectivity index (χ4v) is 1.16. The maximum Gasteiger partial charge on any atom is 0.291 e. The van der Waals surface area contributed by atoms with Crippen molar-refractivity contribution in [3.8, 4) is 0 Å². The van der Waals surface area contributed by atoms with Crippen molar-refractivity contribution < 1.29 is 4.79 Å². The Bertz CT molecular complexity index is 463. The van der Waals surface area contributed by atoms with E-state index in [4.69, 9.17) is 5.73 Å². The third-order valence-corrected chi connectivity index (χ3v) is 1.84. The summed E-state index contributed by atoms with van der Waals surface area (Å²) in [6.07, 6.45) is 1.47. The Labute approximate surface area is 86.3 Å². The molecule has 1 aromatic heterocycles. The van der Waals surface area contributed by atoms with Crippen LogP contribution in [-0.2, 0) is 0 Å². The van der Waals surface area contributed by atoms with Crippen LogP contribution in [0.25, 0.3) is 0 Å². The first-order chi connectivity index (χ1) is 7.25. The topological polar surface area (TPSA) is 83.8 Å². The fourth-order valence-electron chi connectivity index (χ4n) is 1.16. The van der Waals surface area contributed by atoms with Gasteiger partial charge in [0.1, 0.15) is 5.82 Å². The molecule has 5 nitrogen and oxygen atoms in total. The number of anilines is 2. The maximum atomic E-state index is 11.6. The molecule has 0 saturated heterocycles. The Morgan fingerprint density at radius 1 is 1.33 bits per heavy atom. The number of nitrogens with one attached hydrogen (secondary N) is 2. The van der Waals surface area contributed by atoms with Crippen molar-refractivity contribution in [2.45, 2.75) is 0 Å². The quantitative estimate of drug-likeness (QED) is 0.685. The molecule has 2 rings (SSSR count). The van der Waals surface area contributed by atoms with Gasteiger partial charge in [-0.3, -0.25) is 4.79 Å². The van der Waals surface area contributed by atoms with Crippen molar-refractivity contribution in [2.75, 3.05) is 11.1 Å². The van der Waals surface area contributed by atoms with Crippen molar-refractivity contribution in [3.05, 3.63) is 42.4 Å². The summed E-state index contributed by atoms with van der Waals surface area (Å²) >= 11 is 0. The minimum absolute atomic E-state index is 0.205. The third kappa shape index (κ3) is 2.14. The number of carbonyl (C=O) groups excluding carboxylic acids is 1. The number of imidazole rings is 1. The number of carbonyl (C=O) groups is 1. The van der Waals surface area contributed by atoms with Gasteiger partial charge in [0.25, 0.3) is 5.91 Å². The first kappa shape index (κ1) is 9.26. The van der Waals surface area contributed by atoms with Crippen molar-refractivity contribution in [1.29, 1.82) is 0 Å². The van der Waals surface area contributed by atoms with E-state index in [0.717, 1.165) is 5.69 Å². The van der Waals surface area contributed by atoms with Gasteiger partial charge in [-0.15, -0.1) is 0 Å². The molecule has 0 radical (unpaired) electrons. The van der Waals surface area contributed by atoms with Gasteiger partial charge in [0.05, 0.1) is 0 Å². The van der Waals surface area contributed by atoms with Crippen molar-refractivity contribution in [3.63, 3.8) is 0 Å². The Hall–Kier alpha value is -2.30. The SMILES string of the molecule is Nc1c[nH]c(C(=O)Nc2ccccc2)n1. The number of H-pyrrole nitrogens is 1. The lowest BCUT2D eigenvalue weighted by molar-refractivity contribution is 0.101. The number of aromatic amines is 1. The molecular formula is C10H10N4O. The molecule has 2 aromatic rings. The minimum atomic E-state index is -0.307. The molecule has 0 atom stereocenters. The normalized spacial score (nSPS) is 9.87. The average Bonchev–Trinajstić information content (AvgIpc) is 2.66. The van der Waals surface area contributed by atoms with Crippen LogP contribution in [0.3, 0.4) is 0 Å². The number of nitrogen functional groups attached to an aromatic ring is 1. The molecule has 0 spiro atoms. The van der Waals surface area contributed by atoms with E-state index in [2.05, 4.69) is 15.3 Å². The summed E-state index contributed by atoms with van der Waals surface area (Å²) in [5.74, 6) is 0.197. The molecule has 0 bridgehead atoms. The highest BCUT2D eigenvalue weighted by molar-refractivity contribution is 6.01. The zero-order chi connectivity index (χ0) is 10.7. The van der Waals surface area contributed by atoms with Crippen LogP contribution in [-0.4, -0.2) is 15.9 Å². The van der Waals surface area contributed by atoms with Gasteiger partial charge < -0.3 is 16.0 Å². The van der Waals surface area contributed by atoms with Crippen LogP contribution in [0.2, 0.25) is 0 Å². The number of benzene rings is 1. The summed E-state index contributed by atoms with van der Waals surface area (Å²) in [6.45, 7) is 0. The monoisotopic (exact) mass is 202 g/mol. The predicted molar refractivity (Wildman–Crippen MR) is 57.4 cm³/mol. The van der Waals surface area contributed by atoms with Gasteiger partial charge in [0, 0.05) is 11.9 Å². The number of nitrogens with zero attached hydrogens (tertiary/aromatic N) is 1. The Balaban J connectivity index is 2.11. The number of amides is 1. The van der Waals surface area contributed by atoms with E-state index in [0.29, 0.717) is 5.82 Å². The van der Waals surface area contributed by atoms with Crippen LogP contribution in [0.1, 0.15) is 10.6 Å². The summed E-state index contributed by atoms with van der Waals surface area (Å²) in [5, 5.41) is 2.68. The van der Waals surface area contributed by atoms with E-state index < -0.39 is 0 Å². The predicted octanol–water partition coefficient (Wildman–Crippen LogP) is 1.24. The smallest absolute Gasteiger partial charge is 0.291 e. The van der Waals surface area contributed by atoms with Crippen molar-refractivity contribution >= 4 is 17.4 Å². The van der Waals surface area contributed by atoms with Crippen LogP contribution in [0.5, 0.6) is 0 Å². The Kier molecular flexibility index (Phi) is 2.37. The highest BCUT2D eigenvalue weighted by Crippen LogP contribution is 2.07. The number of nitrogens with two attached hydrogens (primary N) is 1. The summed E-state index contributed by atoms with van der Waals surface area (Å²) in [6, 6.07) is 9.15. The van der Waals surface area contributed by atoms with Crippen LogP contribution in [0, 0.1) is 0 Å². The van der Waals surface area contributed by atoms with Gasteiger partial charge in [-0.2, -0.15) is 0 Å². The maximum absolute atomic E-state index is 11.6. The van der Waals surface area contributed by atoms with Crippen LogP contribution in [0.4, 0.5) is 11.5 Å². The number of para-hydroxylation sites is 1. The van der Waals surface area contributed by atoms with Crippen molar-refractivity contribution in [2.24, 2.45) is 0 Å². The molecule has 5 heteroatoms. The number of hydrogen-bond donors (Lipinski definition) is 3. The van der Waals surface area contributed by atoms with Gasteiger partial charge in [0.2, 0.25) is 0 Å². The van der Waals surface area contributed by atoms with Crippen LogP contribution in [0.15, 0.2) is 36.5 Å². The Morgan fingerprint density at radius 3 is 2.67 bits per heavy atom. The van der Waals surface area contributed by atoms with E-state index >= 15 is 0 Å². The second kappa shape index (κ2) is 3.83. The van der Waals surface area contributed by atoms with Gasteiger partial charge in [-0.05, 0) is 12.1 Å². The van der Waals surface area contributed by atoms with E-state index in [1.165, 1.54) is 6.20 Å². The van der Waals surface area contributed by atoms with E-state index in [1.54, 1.807) is 12.1 Å². The summed E-state index contributed by atoms with van der Waals surface area (Å²) < 4.78 is 0. The molecule has 1 aromatic carbocycles. The lowest BCUT2D eigenvalue weighted by Crippen LogP contribution is -2.13. The van der Waals surface area contributed by atoms with Crippen molar-refractivity contribution in [1.82, 2.24) is 9.97 Å². The highest BCUT2D eigenvalue weighted by Gasteiger charge is 2.08. The number of aromatic nitrogens is 2. The summed E-state index contributed by atoms with van der Waals surface area (Å²) in [7, 11) is 0. The second-order valence-corrected chi connectivity index (χ2v) is 2.99. The third-order valence-electron chi connectivity index (χ3n) is 1.84. The van der Waals surface area contributed by atoms with Crippen LogP contribution < -0.4 is 11.1 Å². The van der Waals surface area contributed by atoms with E-state index in [9.17, 15) is 4.79 Å². The molecule has 0 aliphatic rings. The molecule has 0 saturated carbocycles. The molecule has 15 heavy (non-hydrogen) atoms. The van der Waals surface area contributed by atoms with E-state index in [1.807, 2.05) is 18.2 Å². The standard InChI is InChI=1S/C10H10N4O/c11-8-6-12-9(14-8)10(15)13-7-4-2-1-3-5-7/h1-6H,11H2,(H,12,14)(H,13,15). The average molecular weight is 202 g/mol. The van der Waals surface area contributed by atoms with Gasteiger partial charge in [-0.1, -0.05) is 18.2 Å². The molecule has 0 fully saturated rings. The highest BCUT2D eigenvalue weighted by atomic mass is 16.2. The first-order valence-corrected chi connectivity index (χ1v) is 4.43. The lowest BCUT2D eigenvalue weighted by Gasteiger charge is -2.01. The molecule has 0 unspecified atom stereocenters. The summed E-state index contributed by atoms with van der Waals surface area (Å²) in [4.78, 5) is 18.1. The van der Waals surface area contributed by atoms with Crippen LogP contribution >= 0.6 is 0 Å². The minimum Gasteiger partial charge on any atom is -0.382 e. The zero-order valence-corrected chi connectivity index (χ0v) is 7.90. The zero-order valence-electron chi connectivity index (χ0n) is 7.90. The van der Waals surface area contributed by atoms with Gasteiger partial charge in [-0.25, -0.2) is 4.98 Å². The molecule has 4 N–H and O–H groups in total. The number of rotatable bonds is 2. The summed E-state index contributed by atoms with van der Waals surface area (Å²) in [5.41, 5.74) is 6.11. The number of hydrogen-bond acceptors (Lipinski definition) is 3. The first-order valence-electron chi connectivity index (χ1n) is 4.43. The van der Waals surface area contributed by atoms with Gasteiger partial charge in [0.15, 0.2) is 5.82 Å². The second-order valence-electron chi connectivity index (χ2n) is 2.99. The molecule has 1 heterocycles. The molecule has 76 valence electrons. The molecule has 0 aliphatic heterocycles. The molecule has 0 aliphatic carbocycles. The molecular weight excluding hydrogens is 192 g/mol. The lowest BCUT2D eigenvalue weighted by atomic mass is 10.3. The van der Waals surface area contributed by atoms with E-state index in [-0.39, 0.29) is 11.7 Å². The molecule has 1 amide bonds. The largest absolute Gasteiger partial charge is 0.382 e. The Morgan fingerprint density at radius 2 is 2.07 bits per heavy atom. The van der Waals surface area contributed by atoms with Gasteiger partial charge >= 0.3 is 0 Å².